The number of nitrogens with zero attached hydrogens (tertiary/aromatic N) is 4. The highest BCUT2D eigenvalue weighted by Crippen LogP contribution is 2.30. The minimum atomic E-state index is -4.08. The molecule has 1 atom stereocenters. The highest BCUT2D eigenvalue weighted by molar-refractivity contribution is 5.81. The SMILES string of the molecule is COc1ccc2c(c1)nc1nc(N3CCC(CCC(F)(F)F)C3)ccn12. The van der Waals surface area contributed by atoms with Crippen LogP contribution in [0.2, 0.25) is 0 Å². The zero-order chi connectivity index (χ0) is 18.3. The van der Waals surface area contributed by atoms with Gasteiger partial charge in [-0.05, 0) is 37.0 Å². The lowest BCUT2D eigenvalue weighted by molar-refractivity contribution is -0.137. The lowest BCUT2D eigenvalue weighted by atomic mass is 10.0. The molecule has 3 heterocycles. The first-order chi connectivity index (χ1) is 12.4. The zero-order valence-corrected chi connectivity index (χ0v) is 14.3. The van der Waals surface area contributed by atoms with Gasteiger partial charge in [0.15, 0.2) is 0 Å². The van der Waals surface area contributed by atoms with E-state index in [2.05, 4.69) is 9.97 Å². The van der Waals surface area contributed by atoms with Crippen LogP contribution >= 0.6 is 0 Å². The Bertz CT molecular complexity index is 937. The smallest absolute Gasteiger partial charge is 0.389 e. The summed E-state index contributed by atoms with van der Waals surface area (Å²) in [4.78, 5) is 11.2. The van der Waals surface area contributed by atoms with Crippen LogP contribution in [0.4, 0.5) is 19.0 Å². The molecule has 8 heteroatoms. The second-order valence-corrected chi connectivity index (χ2v) is 6.68. The monoisotopic (exact) mass is 364 g/mol. The number of halogens is 3. The quantitative estimate of drug-likeness (QED) is 0.700. The van der Waals surface area contributed by atoms with Crippen LogP contribution in [0.15, 0.2) is 30.5 Å². The average Bonchev–Trinajstić information content (AvgIpc) is 3.22. The number of ether oxygens (including phenoxy) is 1. The minimum Gasteiger partial charge on any atom is -0.497 e. The van der Waals surface area contributed by atoms with Crippen molar-refractivity contribution in [2.24, 2.45) is 5.92 Å². The number of hydrogen-bond acceptors (Lipinski definition) is 4. The summed E-state index contributed by atoms with van der Waals surface area (Å²) in [5.41, 5.74) is 1.72. The topological polar surface area (TPSA) is 42.7 Å². The van der Waals surface area contributed by atoms with Gasteiger partial charge in [0.05, 0.1) is 18.1 Å². The fraction of sp³-hybridized carbons (Fsp3) is 0.444. The summed E-state index contributed by atoms with van der Waals surface area (Å²) in [6, 6.07) is 7.55. The van der Waals surface area contributed by atoms with Crippen LogP contribution in [0.25, 0.3) is 16.8 Å². The molecule has 1 aliphatic rings. The van der Waals surface area contributed by atoms with Gasteiger partial charge in [-0.1, -0.05) is 0 Å². The summed E-state index contributed by atoms with van der Waals surface area (Å²) in [7, 11) is 1.61. The Kier molecular flexibility index (Phi) is 4.13. The number of imidazole rings is 1. The Morgan fingerprint density at radius 2 is 2.08 bits per heavy atom. The summed E-state index contributed by atoms with van der Waals surface area (Å²) in [6.45, 7) is 1.33. The number of benzene rings is 1. The van der Waals surface area contributed by atoms with Crippen molar-refractivity contribution in [1.82, 2.24) is 14.4 Å². The number of aromatic nitrogens is 3. The third-order valence-electron chi connectivity index (χ3n) is 4.91. The molecular weight excluding hydrogens is 345 g/mol. The first-order valence-corrected chi connectivity index (χ1v) is 8.57. The average molecular weight is 364 g/mol. The number of hydrogen-bond donors (Lipinski definition) is 0. The van der Waals surface area contributed by atoms with Crippen molar-refractivity contribution in [3.05, 3.63) is 30.5 Å². The molecule has 0 bridgehead atoms. The first-order valence-electron chi connectivity index (χ1n) is 8.57. The van der Waals surface area contributed by atoms with E-state index in [0.29, 0.717) is 12.3 Å². The molecule has 1 aromatic carbocycles. The fourth-order valence-electron chi connectivity index (χ4n) is 3.52. The van der Waals surface area contributed by atoms with Gasteiger partial charge in [-0.3, -0.25) is 4.40 Å². The molecule has 26 heavy (non-hydrogen) atoms. The van der Waals surface area contributed by atoms with Gasteiger partial charge in [0.1, 0.15) is 11.6 Å². The van der Waals surface area contributed by atoms with Crippen LogP contribution in [-0.4, -0.2) is 40.7 Å². The summed E-state index contributed by atoms with van der Waals surface area (Å²) < 4.78 is 44.4. The zero-order valence-electron chi connectivity index (χ0n) is 14.3. The first kappa shape index (κ1) is 16.9. The molecule has 1 fully saturated rings. The van der Waals surface area contributed by atoms with Gasteiger partial charge in [0.25, 0.3) is 0 Å². The maximum atomic E-state index is 12.4. The van der Waals surface area contributed by atoms with Crippen LogP contribution in [0.3, 0.4) is 0 Å². The molecule has 0 spiro atoms. The fourth-order valence-corrected chi connectivity index (χ4v) is 3.52. The Morgan fingerprint density at radius 3 is 2.85 bits per heavy atom. The van der Waals surface area contributed by atoms with Crippen molar-refractivity contribution < 1.29 is 17.9 Å². The summed E-state index contributed by atoms with van der Waals surface area (Å²) in [6.07, 6.45) is -1.96. The molecule has 0 radical (unpaired) electrons. The van der Waals surface area contributed by atoms with E-state index < -0.39 is 12.6 Å². The van der Waals surface area contributed by atoms with Crippen LogP contribution < -0.4 is 9.64 Å². The highest BCUT2D eigenvalue weighted by Gasteiger charge is 2.31. The highest BCUT2D eigenvalue weighted by atomic mass is 19.4. The van der Waals surface area contributed by atoms with Crippen LogP contribution in [0.1, 0.15) is 19.3 Å². The van der Waals surface area contributed by atoms with E-state index in [1.165, 1.54) is 0 Å². The Hall–Kier alpha value is -2.51. The predicted molar refractivity (Wildman–Crippen MR) is 92.7 cm³/mol. The van der Waals surface area contributed by atoms with Crippen molar-refractivity contribution in [2.75, 3.05) is 25.1 Å². The Labute approximate surface area is 148 Å². The van der Waals surface area contributed by atoms with Gasteiger partial charge in [0.2, 0.25) is 5.78 Å². The van der Waals surface area contributed by atoms with E-state index in [0.717, 1.165) is 35.6 Å². The van der Waals surface area contributed by atoms with E-state index in [4.69, 9.17) is 4.74 Å². The summed E-state index contributed by atoms with van der Waals surface area (Å²) >= 11 is 0. The predicted octanol–water partition coefficient (Wildman–Crippen LogP) is 4.06. The lowest BCUT2D eigenvalue weighted by Crippen LogP contribution is -2.21. The Morgan fingerprint density at radius 1 is 1.23 bits per heavy atom. The maximum absolute atomic E-state index is 12.4. The van der Waals surface area contributed by atoms with E-state index in [1.54, 1.807) is 7.11 Å². The van der Waals surface area contributed by atoms with Crippen molar-refractivity contribution >= 4 is 22.6 Å². The number of rotatable bonds is 4. The lowest BCUT2D eigenvalue weighted by Gasteiger charge is -2.17. The molecule has 138 valence electrons. The number of anilines is 1. The van der Waals surface area contributed by atoms with Gasteiger partial charge in [-0.25, -0.2) is 4.98 Å². The number of methoxy groups -OCH3 is 1. The number of fused-ring (bicyclic) bond motifs is 3. The molecule has 3 aromatic rings. The maximum Gasteiger partial charge on any atom is 0.389 e. The van der Waals surface area contributed by atoms with Crippen molar-refractivity contribution in [3.63, 3.8) is 0 Å². The van der Waals surface area contributed by atoms with Gasteiger partial charge >= 0.3 is 6.18 Å². The molecule has 1 unspecified atom stereocenters. The second-order valence-electron chi connectivity index (χ2n) is 6.68. The third kappa shape index (κ3) is 3.27. The summed E-state index contributed by atoms with van der Waals surface area (Å²) in [5.74, 6) is 2.12. The molecule has 0 amide bonds. The van der Waals surface area contributed by atoms with Gasteiger partial charge in [0, 0.05) is 31.8 Å². The van der Waals surface area contributed by atoms with Gasteiger partial charge in [-0.2, -0.15) is 18.2 Å². The molecule has 1 saturated heterocycles. The normalized spacial score (nSPS) is 18.2. The van der Waals surface area contributed by atoms with Crippen molar-refractivity contribution in [3.8, 4) is 5.75 Å². The molecule has 0 N–H and O–H groups in total. The van der Waals surface area contributed by atoms with Crippen LogP contribution in [0.5, 0.6) is 5.75 Å². The molecular formula is C18H19F3N4O. The number of alkyl halides is 3. The second kappa shape index (κ2) is 6.34. The van der Waals surface area contributed by atoms with Gasteiger partial charge in [-0.15, -0.1) is 0 Å². The van der Waals surface area contributed by atoms with Crippen LogP contribution in [-0.2, 0) is 0 Å². The van der Waals surface area contributed by atoms with E-state index in [9.17, 15) is 13.2 Å². The molecule has 4 rings (SSSR count). The summed E-state index contributed by atoms with van der Waals surface area (Å²) in [5, 5.41) is 0. The molecule has 2 aromatic heterocycles. The Balaban J connectivity index is 1.55. The minimum absolute atomic E-state index is 0.0535. The standard InChI is InChI=1S/C18H19F3N4O/c1-26-13-2-3-15-14(10-13)22-17-23-16(6-9-25(15)17)24-8-5-12(11-24)4-7-18(19,20)21/h2-3,6,9-10,12H,4-5,7-8,11H2,1H3. The van der Waals surface area contributed by atoms with Gasteiger partial charge < -0.3 is 9.64 Å². The molecule has 0 aliphatic carbocycles. The molecule has 5 nitrogen and oxygen atoms in total. The third-order valence-corrected chi connectivity index (χ3v) is 4.91. The van der Waals surface area contributed by atoms with E-state index in [-0.39, 0.29) is 12.3 Å². The largest absolute Gasteiger partial charge is 0.497 e. The van der Waals surface area contributed by atoms with Crippen molar-refractivity contribution in [2.45, 2.75) is 25.4 Å². The van der Waals surface area contributed by atoms with Crippen LogP contribution in [0, 0.1) is 5.92 Å². The molecule has 0 saturated carbocycles. The van der Waals surface area contributed by atoms with E-state index >= 15 is 0 Å². The van der Waals surface area contributed by atoms with E-state index in [1.807, 2.05) is 39.8 Å². The van der Waals surface area contributed by atoms with Crippen molar-refractivity contribution in [1.29, 1.82) is 0 Å². The molecule has 1 aliphatic heterocycles.